The molecule has 0 aliphatic carbocycles. The summed E-state index contributed by atoms with van der Waals surface area (Å²) in [5, 5.41) is 0. The molecule has 7 heteroatoms. The van der Waals surface area contributed by atoms with Crippen molar-refractivity contribution in [2.75, 3.05) is 0 Å². The number of hydrogen-bond donors (Lipinski definition) is 2. The molecule has 0 aromatic heterocycles. The molecule has 0 aromatic carbocycles. The summed E-state index contributed by atoms with van der Waals surface area (Å²) in [6, 6.07) is 0. The van der Waals surface area contributed by atoms with E-state index in [4.69, 9.17) is 20.3 Å². The Bertz CT molecular complexity index is 102. The van der Waals surface area contributed by atoms with Crippen molar-refractivity contribution in [2.45, 2.75) is 0 Å². The van der Waals surface area contributed by atoms with Gasteiger partial charge in [-0.15, -0.1) is 0 Å². The molecular weight excluding hydrogens is 321 g/mol. The zero-order valence-corrected chi connectivity index (χ0v) is 7.73. The van der Waals surface area contributed by atoms with Gasteiger partial charge in [0.25, 0.3) is 0 Å². The van der Waals surface area contributed by atoms with Gasteiger partial charge in [-0.3, -0.25) is 9.11 Å². The van der Waals surface area contributed by atoms with E-state index in [0.717, 1.165) is 0 Å². The van der Waals surface area contributed by atoms with Gasteiger partial charge in [0.1, 0.15) is 0 Å². The molecule has 0 aromatic rings. The summed E-state index contributed by atoms with van der Waals surface area (Å²) in [5.74, 6) is 0. The van der Waals surface area contributed by atoms with Crippen LogP contribution < -0.4 is 0 Å². The van der Waals surface area contributed by atoms with Crippen LogP contribution in [0, 0.1) is 0 Å². The van der Waals surface area contributed by atoms with E-state index in [1.165, 1.54) is 0 Å². The molecule has 0 atom stereocenters. The molecule has 0 rings (SSSR count). The summed E-state index contributed by atoms with van der Waals surface area (Å²) in [6.07, 6.45) is 0. The number of hydrogen-bond acceptors (Lipinski definition) is 3. The zero-order chi connectivity index (χ0) is 6.50. The van der Waals surface area contributed by atoms with Crippen molar-refractivity contribution in [3.63, 3.8) is 0 Å². The Kier molecular flexibility index (Phi) is 7.07. The Morgan fingerprint density at radius 3 is 1.14 bits per heavy atom. The van der Waals surface area contributed by atoms with Gasteiger partial charge in [0.15, 0.2) is 0 Å². The molecule has 2 N–H and O–H groups in total. The second-order valence-electron chi connectivity index (χ2n) is 0.448. The van der Waals surface area contributed by atoms with Gasteiger partial charge in [0, 0.05) is 0 Å². The van der Waals surface area contributed by atoms with Crippen molar-refractivity contribution >= 4 is 35.1 Å². The molecule has 0 heterocycles. The van der Waals surface area contributed by atoms with Crippen molar-refractivity contribution < 1.29 is 20.3 Å². The average Bonchev–Trinajstić information content (AvgIpc) is 1.36. The first-order valence-electron chi connectivity index (χ1n) is 0.903. The predicted octanol–water partition coefficient (Wildman–Crippen LogP) is -1.42. The van der Waals surface area contributed by atoms with Crippen LogP contribution in [-0.4, -0.2) is 42.2 Å². The Balaban J connectivity index is 0. The summed E-state index contributed by atoms with van der Waals surface area (Å²) < 4.78 is 40.0. The normalized spacial score (nSPS) is 8.86. The fraction of sp³-hybridized carbons (Fsp3) is 0. The summed E-state index contributed by atoms with van der Waals surface area (Å²) >= 11 is 0.0556. The van der Waals surface area contributed by atoms with Crippen molar-refractivity contribution in [2.24, 2.45) is 0 Å². The van der Waals surface area contributed by atoms with E-state index in [2.05, 4.69) is 0 Å². The van der Waals surface area contributed by atoms with Gasteiger partial charge in [-0.2, -0.15) is 8.42 Å². The van der Waals surface area contributed by atoms with E-state index in [0.29, 0.717) is 0 Å². The third kappa shape index (κ3) is 444. The molecule has 0 aliphatic heterocycles. The van der Waals surface area contributed by atoms with Crippen LogP contribution >= 0.6 is 0 Å². The quantitative estimate of drug-likeness (QED) is 0.422. The van der Waals surface area contributed by atoms with Crippen molar-refractivity contribution in [3.05, 3.63) is 0 Å². The third-order valence-corrected chi connectivity index (χ3v) is 0. The Hall–Kier alpha value is 0.553. The van der Waals surface area contributed by atoms with Gasteiger partial charge in [-0.1, -0.05) is 0 Å². The van der Waals surface area contributed by atoms with Gasteiger partial charge >= 0.3 is 37.9 Å². The van der Waals surface area contributed by atoms with Gasteiger partial charge in [0.2, 0.25) is 0 Å². The SMILES string of the molecule is O=S(=O)(O)O.[O]=[BiH]. The standard InChI is InChI=1S/Bi.H2O4S.O.H/c;1-5(2,3)4;;/h;(H2,1,2,3,4);;. The molecule has 0 aliphatic rings. The molecule has 0 saturated heterocycles. The molecule has 7 heavy (non-hydrogen) atoms. The number of rotatable bonds is 0. The Morgan fingerprint density at radius 2 is 1.14 bits per heavy atom. The van der Waals surface area contributed by atoms with Crippen LogP contribution in [0.5, 0.6) is 0 Å². The summed E-state index contributed by atoms with van der Waals surface area (Å²) in [4.78, 5) is 0. The summed E-state index contributed by atoms with van der Waals surface area (Å²) in [6.45, 7) is 0. The topological polar surface area (TPSA) is 91.7 Å². The fourth-order valence-corrected chi connectivity index (χ4v) is 0. The maximum atomic E-state index is 8.74. The van der Waals surface area contributed by atoms with Crippen molar-refractivity contribution in [3.8, 4) is 0 Å². The fourth-order valence-electron chi connectivity index (χ4n) is 0. The molecular formula is H3BiO5S. The van der Waals surface area contributed by atoms with E-state index in [-0.39, 0.29) is 24.7 Å². The second kappa shape index (κ2) is 4.71. The second-order valence-corrected chi connectivity index (χ2v) is 1.34. The summed E-state index contributed by atoms with van der Waals surface area (Å²) in [5.41, 5.74) is 0. The zero-order valence-electron chi connectivity index (χ0n) is 3.03. The van der Waals surface area contributed by atoms with Crippen LogP contribution in [0.25, 0.3) is 0 Å². The first-order chi connectivity index (χ1) is 3.00. The molecule has 0 spiro atoms. The molecule has 5 nitrogen and oxygen atoms in total. The van der Waals surface area contributed by atoms with E-state index in [9.17, 15) is 0 Å². The first kappa shape index (κ1) is 10.5. The van der Waals surface area contributed by atoms with Crippen LogP contribution in [-0.2, 0) is 13.2 Å². The van der Waals surface area contributed by atoms with Crippen LogP contribution in [0.4, 0.5) is 0 Å². The monoisotopic (exact) mass is 324 g/mol. The Morgan fingerprint density at radius 1 is 1.14 bits per heavy atom. The van der Waals surface area contributed by atoms with E-state index >= 15 is 0 Å². The van der Waals surface area contributed by atoms with Crippen molar-refractivity contribution in [1.29, 1.82) is 0 Å². The molecule has 0 radical (unpaired) electrons. The van der Waals surface area contributed by atoms with E-state index in [1.807, 2.05) is 0 Å². The van der Waals surface area contributed by atoms with E-state index < -0.39 is 10.4 Å². The van der Waals surface area contributed by atoms with Gasteiger partial charge in [0.05, 0.1) is 0 Å². The molecule has 0 bridgehead atoms. The molecule has 0 unspecified atom stereocenters. The minimum atomic E-state index is -4.67. The molecule has 44 valence electrons. The predicted molar refractivity (Wildman–Crippen MR) is 22.0 cm³/mol. The van der Waals surface area contributed by atoms with Crippen LogP contribution in [0.3, 0.4) is 0 Å². The van der Waals surface area contributed by atoms with Crippen LogP contribution in [0.2, 0.25) is 0 Å². The van der Waals surface area contributed by atoms with E-state index in [1.54, 1.807) is 0 Å². The van der Waals surface area contributed by atoms with Crippen LogP contribution in [0.15, 0.2) is 0 Å². The van der Waals surface area contributed by atoms with Gasteiger partial charge in [-0.25, -0.2) is 0 Å². The molecule has 0 fully saturated rings. The van der Waals surface area contributed by atoms with Gasteiger partial charge in [-0.05, 0) is 0 Å². The van der Waals surface area contributed by atoms with Gasteiger partial charge < -0.3 is 0 Å². The minimum absolute atomic E-state index is 0.0556. The first-order valence-corrected chi connectivity index (χ1v) is 3.89. The van der Waals surface area contributed by atoms with Crippen molar-refractivity contribution in [1.82, 2.24) is 0 Å². The third-order valence-electron chi connectivity index (χ3n) is 0. The van der Waals surface area contributed by atoms with Crippen LogP contribution in [0.1, 0.15) is 0 Å². The Labute approximate surface area is 55.6 Å². The molecule has 0 amide bonds. The molecule has 0 saturated carbocycles. The average molecular weight is 324 g/mol. The maximum absolute atomic E-state index is 8.74. The summed E-state index contributed by atoms with van der Waals surface area (Å²) in [7, 11) is -4.67.